The van der Waals surface area contributed by atoms with Crippen LogP contribution in [0.2, 0.25) is 10.0 Å². The molecule has 2 N–H and O–H groups in total. The lowest BCUT2D eigenvalue weighted by molar-refractivity contribution is 0.931. The van der Waals surface area contributed by atoms with Gasteiger partial charge in [0.25, 0.3) is 0 Å². The maximum absolute atomic E-state index is 5.82. The molecule has 1 atom stereocenters. The first kappa shape index (κ1) is 10.6. The largest absolute Gasteiger partial charge is 0.325 e. The van der Waals surface area contributed by atoms with E-state index in [1.165, 1.54) is 0 Å². The van der Waals surface area contributed by atoms with Crippen molar-refractivity contribution in [2.45, 2.75) is 13.0 Å². The molecule has 0 heterocycles. The van der Waals surface area contributed by atoms with Crippen LogP contribution in [-0.4, -0.2) is 6.04 Å². The van der Waals surface area contributed by atoms with Crippen molar-refractivity contribution in [2.75, 3.05) is 0 Å². The van der Waals surface area contributed by atoms with Crippen molar-refractivity contribution in [1.82, 2.24) is 0 Å². The van der Waals surface area contributed by atoms with Crippen LogP contribution in [0.1, 0.15) is 12.5 Å². The van der Waals surface area contributed by atoms with Gasteiger partial charge in [0.15, 0.2) is 0 Å². The van der Waals surface area contributed by atoms with Crippen molar-refractivity contribution < 1.29 is 0 Å². The van der Waals surface area contributed by atoms with Crippen LogP contribution in [0, 0.1) is 0 Å². The lowest BCUT2D eigenvalue weighted by atomic mass is 10.2. The molecule has 0 amide bonds. The minimum absolute atomic E-state index is 0.0396. The Balaban J connectivity index is 2.89. The van der Waals surface area contributed by atoms with Crippen molar-refractivity contribution in [2.24, 2.45) is 5.73 Å². The monoisotopic (exact) mass is 215 g/mol. The molecule has 70 valence electrons. The summed E-state index contributed by atoms with van der Waals surface area (Å²) in [5, 5.41) is 1.27. The fourth-order valence-corrected chi connectivity index (χ4v) is 1.48. The standard InChI is InChI=1S/C10H11Cl2N/c1-7(13)2-3-8-4-9(11)6-10(12)5-8/h2-7H,13H2,1H3/b3-2+. The molecule has 0 radical (unpaired) electrons. The SMILES string of the molecule is CC(N)/C=C/c1cc(Cl)cc(Cl)c1. The highest BCUT2D eigenvalue weighted by molar-refractivity contribution is 6.34. The minimum Gasteiger partial charge on any atom is -0.325 e. The highest BCUT2D eigenvalue weighted by atomic mass is 35.5. The highest BCUT2D eigenvalue weighted by Crippen LogP contribution is 2.19. The molecule has 0 saturated heterocycles. The third-order valence-corrected chi connectivity index (χ3v) is 1.91. The normalized spacial score (nSPS) is 13.5. The Morgan fingerprint density at radius 3 is 2.23 bits per heavy atom. The van der Waals surface area contributed by atoms with Gasteiger partial charge < -0.3 is 5.73 Å². The average Bonchev–Trinajstić information content (AvgIpc) is 1.99. The van der Waals surface area contributed by atoms with Gasteiger partial charge in [-0.25, -0.2) is 0 Å². The summed E-state index contributed by atoms with van der Waals surface area (Å²) in [5.74, 6) is 0. The number of benzene rings is 1. The van der Waals surface area contributed by atoms with Gasteiger partial charge in [0.05, 0.1) is 0 Å². The summed E-state index contributed by atoms with van der Waals surface area (Å²) in [5.41, 5.74) is 6.53. The summed E-state index contributed by atoms with van der Waals surface area (Å²) in [4.78, 5) is 0. The van der Waals surface area contributed by atoms with Crippen molar-refractivity contribution in [3.8, 4) is 0 Å². The van der Waals surface area contributed by atoms with E-state index in [1.54, 1.807) is 6.07 Å². The van der Waals surface area contributed by atoms with Gasteiger partial charge in [-0.15, -0.1) is 0 Å². The summed E-state index contributed by atoms with van der Waals surface area (Å²) in [6.45, 7) is 1.91. The van der Waals surface area contributed by atoms with Crippen LogP contribution >= 0.6 is 23.2 Å². The first-order valence-corrected chi connectivity index (χ1v) is 4.73. The summed E-state index contributed by atoms with van der Waals surface area (Å²) in [6.07, 6.45) is 3.80. The second kappa shape index (κ2) is 4.66. The Morgan fingerprint density at radius 2 is 1.77 bits per heavy atom. The zero-order valence-corrected chi connectivity index (χ0v) is 8.81. The maximum atomic E-state index is 5.82. The molecule has 0 aliphatic heterocycles. The van der Waals surface area contributed by atoms with Crippen LogP contribution in [0.4, 0.5) is 0 Å². The molecule has 1 nitrogen and oxygen atoms in total. The van der Waals surface area contributed by atoms with E-state index in [9.17, 15) is 0 Å². The van der Waals surface area contributed by atoms with Crippen LogP contribution in [0.25, 0.3) is 6.08 Å². The molecule has 0 spiro atoms. The van der Waals surface area contributed by atoms with Gasteiger partial charge in [-0.05, 0) is 30.7 Å². The fourth-order valence-electron chi connectivity index (χ4n) is 0.934. The number of hydrogen-bond donors (Lipinski definition) is 1. The molecule has 0 aromatic heterocycles. The zero-order chi connectivity index (χ0) is 9.84. The molecule has 0 aliphatic rings. The van der Waals surface area contributed by atoms with E-state index in [-0.39, 0.29) is 6.04 Å². The van der Waals surface area contributed by atoms with Gasteiger partial charge in [-0.1, -0.05) is 35.4 Å². The topological polar surface area (TPSA) is 26.0 Å². The third kappa shape index (κ3) is 3.81. The van der Waals surface area contributed by atoms with E-state index in [1.807, 2.05) is 31.2 Å². The van der Waals surface area contributed by atoms with Crippen molar-refractivity contribution in [3.05, 3.63) is 39.9 Å². The van der Waals surface area contributed by atoms with Gasteiger partial charge in [0.1, 0.15) is 0 Å². The summed E-state index contributed by atoms with van der Waals surface area (Å²) < 4.78 is 0. The molecule has 1 aromatic rings. The second-order valence-electron chi connectivity index (χ2n) is 2.92. The minimum atomic E-state index is 0.0396. The van der Waals surface area contributed by atoms with E-state index in [0.717, 1.165) is 5.56 Å². The van der Waals surface area contributed by atoms with Crippen LogP contribution in [-0.2, 0) is 0 Å². The average molecular weight is 216 g/mol. The van der Waals surface area contributed by atoms with Gasteiger partial charge in [0.2, 0.25) is 0 Å². The molecule has 0 aliphatic carbocycles. The predicted octanol–water partition coefficient (Wildman–Crippen LogP) is 3.35. The summed E-state index contributed by atoms with van der Waals surface area (Å²) in [7, 11) is 0. The molecular formula is C10H11Cl2N. The van der Waals surface area contributed by atoms with E-state index in [0.29, 0.717) is 10.0 Å². The van der Waals surface area contributed by atoms with Gasteiger partial charge >= 0.3 is 0 Å². The van der Waals surface area contributed by atoms with E-state index < -0.39 is 0 Å². The Bertz CT molecular complexity index is 298. The molecule has 0 fully saturated rings. The lowest BCUT2D eigenvalue weighted by Gasteiger charge is -1.98. The molecule has 13 heavy (non-hydrogen) atoms. The maximum Gasteiger partial charge on any atom is 0.0426 e. The molecular weight excluding hydrogens is 205 g/mol. The Hall–Kier alpha value is -0.500. The van der Waals surface area contributed by atoms with Crippen LogP contribution in [0.15, 0.2) is 24.3 Å². The van der Waals surface area contributed by atoms with Gasteiger partial charge in [-0.2, -0.15) is 0 Å². The van der Waals surface area contributed by atoms with Gasteiger partial charge in [0, 0.05) is 16.1 Å². The quantitative estimate of drug-likeness (QED) is 0.805. The summed E-state index contributed by atoms with van der Waals surface area (Å²) >= 11 is 11.6. The predicted molar refractivity (Wildman–Crippen MR) is 59.1 cm³/mol. The molecule has 1 unspecified atom stereocenters. The number of halogens is 2. The Labute approximate surface area is 88.1 Å². The number of hydrogen-bond acceptors (Lipinski definition) is 1. The van der Waals surface area contributed by atoms with Crippen molar-refractivity contribution >= 4 is 29.3 Å². The van der Waals surface area contributed by atoms with Crippen molar-refractivity contribution in [3.63, 3.8) is 0 Å². The fraction of sp³-hybridized carbons (Fsp3) is 0.200. The second-order valence-corrected chi connectivity index (χ2v) is 3.79. The van der Waals surface area contributed by atoms with Crippen LogP contribution in [0.5, 0.6) is 0 Å². The molecule has 1 rings (SSSR count). The molecule has 0 bridgehead atoms. The zero-order valence-electron chi connectivity index (χ0n) is 7.30. The van der Waals surface area contributed by atoms with Crippen molar-refractivity contribution in [1.29, 1.82) is 0 Å². The third-order valence-electron chi connectivity index (χ3n) is 1.48. The van der Waals surface area contributed by atoms with Crippen LogP contribution in [0.3, 0.4) is 0 Å². The number of rotatable bonds is 2. The Kier molecular flexibility index (Phi) is 3.79. The van der Waals surface area contributed by atoms with Gasteiger partial charge in [-0.3, -0.25) is 0 Å². The van der Waals surface area contributed by atoms with E-state index in [4.69, 9.17) is 28.9 Å². The van der Waals surface area contributed by atoms with E-state index >= 15 is 0 Å². The molecule has 0 saturated carbocycles. The molecule has 1 aromatic carbocycles. The summed E-state index contributed by atoms with van der Waals surface area (Å²) in [6, 6.07) is 5.42. The van der Waals surface area contributed by atoms with E-state index in [2.05, 4.69) is 0 Å². The highest BCUT2D eigenvalue weighted by Gasteiger charge is 1.94. The Morgan fingerprint density at radius 1 is 1.23 bits per heavy atom. The number of nitrogens with two attached hydrogens (primary N) is 1. The molecule has 3 heteroatoms. The first-order valence-electron chi connectivity index (χ1n) is 3.98. The van der Waals surface area contributed by atoms with Crippen LogP contribution < -0.4 is 5.73 Å². The first-order chi connectivity index (χ1) is 6.08. The smallest absolute Gasteiger partial charge is 0.0426 e. The lowest BCUT2D eigenvalue weighted by Crippen LogP contribution is -2.09.